The Morgan fingerprint density at radius 3 is 3.14 bits per heavy atom. The van der Waals surface area contributed by atoms with Crippen LogP contribution in [0.4, 0.5) is 5.82 Å². The highest BCUT2D eigenvalue weighted by Gasteiger charge is 2.29. The third kappa shape index (κ3) is 2.18. The molecular formula is C14H11N3O2S3. The first kappa shape index (κ1) is 14.0. The Morgan fingerprint density at radius 1 is 1.45 bits per heavy atom. The van der Waals surface area contributed by atoms with E-state index in [-0.39, 0.29) is 5.91 Å². The maximum absolute atomic E-state index is 12.6. The van der Waals surface area contributed by atoms with Gasteiger partial charge in [0.2, 0.25) is 0 Å². The van der Waals surface area contributed by atoms with Crippen LogP contribution in [0.25, 0.3) is 10.4 Å². The third-order valence-corrected chi connectivity index (χ3v) is 6.77. The standard InChI is InChI=1S/C14H11N3O2S3/c1-20-14-10-8(3-2-7-6-15-22-11(7)10)12(21-14)13(18)16-9-4-5-19-17-9/h4-6H,2-3H2,1H3,(H,16,17,18). The summed E-state index contributed by atoms with van der Waals surface area (Å²) < 4.78 is 10.2. The van der Waals surface area contributed by atoms with Gasteiger partial charge in [-0.15, -0.1) is 23.1 Å². The number of thiophene rings is 1. The number of thioether (sulfide) groups is 1. The molecule has 3 aromatic rings. The van der Waals surface area contributed by atoms with Gasteiger partial charge in [-0.25, -0.2) is 4.37 Å². The van der Waals surface area contributed by atoms with Crippen molar-refractivity contribution in [3.8, 4) is 10.4 Å². The first-order valence-corrected chi connectivity index (χ1v) is 9.44. The van der Waals surface area contributed by atoms with Crippen molar-refractivity contribution in [2.24, 2.45) is 0 Å². The molecule has 0 aromatic carbocycles. The molecule has 1 N–H and O–H groups in total. The lowest BCUT2D eigenvalue weighted by atomic mass is 9.93. The number of nitrogens with zero attached hydrogens (tertiary/aromatic N) is 2. The molecule has 0 spiro atoms. The summed E-state index contributed by atoms with van der Waals surface area (Å²) in [6.45, 7) is 0. The van der Waals surface area contributed by atoms with E-state index in [0.29, 0.717) is 5.82 Å². The van der Waals surface area contributed by atoms with Gasteiger partial charge in [0.1, 0.15) is 6.26 Å². The summed E-state index contributed by atoms with van der Waals surface area (Å²) in [6, 6.07) is 1.63. The second kappa shape index (κ2) is 5.53. The summed E-state index contributed by atoms with van der Waals surface area (Å²) >= 11 is 4.74. The van der Waals surface area contributed by atoms with Gasteiger partial charge in [0.05, 0.1) is 14.0 Å². The molecule has 0 saturated heterocycles. The summed E-state index contributed by atoms with van der Waals surface area (Å²) in [7, 11) is 0. The number of hydrogen-bond donors (Lipinski definition) is 1. The van der Waals surface area contributed by atoms with Crippen LogP contribution >= 0.6 is 34.6 Å². The molecule has 0 atom stereocenters. The van der Waals surface area contributed by atoms with E-state index >= 15 is 0 Å². The first-order chi connectivity index (χ1) is 10.8. The lowest BCUT2D eigenvalue weighted by molar-refractivity contribution is 0.102. The summed E-state index contributed by atoms with van der Waals surface area (Å²) in [5.74, 6) is 0.315. The zero-order valence-electron chi connectivity index (χ0n) is 11.6. The quantitative estimate of drug-likeness (QED) is 0.726. The van der Waals surface area contributed by atoms with E-state index in [4.69, 9.17) is 4.52 Å². The molecule has 1 amide bonds. The van der Waals surface area contributed by atoms with Gasteiger partial charge in [0, 0.05) is 17.8 Å². The third-order valence-electron chi connectivity index (χ3n) is 3.56. The predicted octanol–water partition coefficient (Wildman–Crippen LogP) is 3.93. The number of amides is 1. The zero-order valence-corrected chi connectivity index (χ0v) is 14.0. The van der Waals surface area contributed by atoms with Crippen LogP contribution < -0.4 is 5.32 Å². The molecule has 0 radical (unpaired) electrons. The molecule has 8 heteroatoms. The number of aryl methyl sites for hydroxylation is 1. The fourth-order valence-corrected chi connectivity index (χ4v) is 5.59. The molecule has 0 fully saturated rings. The summed E-state index contributed by atoms with van der Waals surface area (Å²) in [4.78, 5) is 14.5. The summed E-state index contributed by atoms with van der Waals surface area (Å²) in [5.41, 5.74) is 3.62. The minimum Gasteiger partial charge on any atom is -0.363 e. The molecule has 1 aliphatic rings. The molecule has 5 nitrogen and oxygen atoms in total. The van der Waals surface area contributed by atoms with Crippen LogP contribution in [0, 0.1) is 0 Å². The van der Waals surface area contributed by atoms with E-state index in [1.54, 1.807) is 29.2 Å². The van der Waals surface area contributed by atoms with Gasteiger partial charge in [-0.05, 0) is 41.8 Å². The van der Waals surface area contributed by atoms with Crippen molar-refractivity contribution in [2.45, 2.75) is 17.1 Å². The fraction of sp³-hybridized carbons (Fsp3) is 0.214. The maximum Gasteiger partial charge on any atom is 0.267 e. The Balaban J connectivity index is 1.78. The Morgan fingerprint density at radius 2 is 2.36 bits per heavy atom. The van der Waals surface area contributed by atoms with Crippen LogP contribution in [0.5, 0.6) is 0 Å². The molecule has 0 unspecified atom stereocenters. The molecule has 112 valence electrons. The van der Waals surface area contributed by atoms with Crippen molar-refractivity contribution in [1.29, 1.82) is 0 Å². The minimum atomic E-state index is -0.122. The highest BCUT2D eigenvalue weighted by molar-refractivity contribution is 8.00. The van der Waals surface area contributed by atoms with E-state index in [9.17, 15) is 4.79 Å². The van der Waals surface area contributed by atoms with Gasteiger partial charge in [-0.2, -0.15) is 0 Å². The van der Waals surface area contributed by atoms with Crippen LogP contribution in [0.3, 0.4) is 0 Å². The van der Waals surface area contributed by atoms with Gasteiger partial charge in [-0.3, -0.25) is 4.79 Å². The second-order valence-electron chi connectivity index (χ2n) is 4.80. The lowest BCUT2D eigenvalue weighted by Crippen LogP contribution is -2.13. The maximum atomic E-state index is 12.6. The van der Waals surface area contributed by atoms with E-state index in [0.717, 1.165) is 23.3 Å². The zero-order chi connectivity index (χ0) is 15.1. The number of anilines is 1. The SMILES string of the molecule is CSc1sc(C(=O)Nc2ccon2)c2c1-c1sncc1CC2. The predicted molar refractivity (Wildman–Crippen MR) is 89.1 cm³/mol. The molecule has 0 saturated carbocycles. The molecule has 4 rings (SSSR count). The highest BCUT2D eigenvalue weighted by Crippen LogP contribution is 2.47. The van der Waals surface area contributed by atoms with E-state index in [2.05, 4.69) is 14.8 Å². The minimum absolute atomic E-state index is 0.122. The van der Waals surface area contributed by atoms with Gasteiger partial charge in [-0.1, -0.05) is 5.16 Å². The first-order valence-electron chi connectivity index (χ1n) is 6.63. The summed E-state index contributed by atoms with van der Waals surface area (Å²) in [6.07, 6.45) is 7.24. The highest BCUT2D eigenvalue weighted by atomic mass is 32.2. The molecule has 1 aliphatic carbocycles. The monoisotopic (exact) mass is 349 g/mol. The average molecular weight is 349 g/mol. The number of carbonyl (C=O) groups excluding carboxylic acids is 1. The molecule has 0 aliphatic heterocycles. The Bertz CT molecular complexity index is 836. The number of aromatic nitrogens is 2. The average Bonchev–Trinajstić information content (AvgIpc) is 3.24. The van der Waals surface area contributed by atoms with Crippen molar-refractivity contribution >= 4 is 46.4 Å². The smallest absolute Gasteiger partial charge is 0.267 e. The lowest BCUT2D eigenvalue weighted by Gasteiger charge is -2.13. The largest absolute Gasteiger partial charge is 0.363 e. The van der Waals surface area contributed by atoms with Crippen LogP contribution in [0.1, 0.15) is 20.8 Å². The topological polar surface area (TPSA) is 68.0 Å². The van der Waals surface area contributed by atoms with Gasteiger partial charge in [0.15, 0.2) is 5.82 Å². The Hall–Kier alpha value is -1.64. The molecule has 0 bridgehead atoms. The molecule has 3 heterocycles. The van der Waals surface area contributed by atoms with Gasteiger partial charge < -0.3 is 9.84 Å². The number of fused-ring (bicyclic) bond motifs is 3. The van der Waals surface area contributed by atoms with Gasteiger partial charge >= 0.3 is 0 Å². The number of rotatable bonds is 3. The molecule has 22 heavy (non-hydrogen) atoms. The van der Waals surface area contributed by atoms with Crippen molar-refractivity contribution < 1.29 is 9.32 Å². The van der Waals surface area contributed by atoms with Crippen LogP contribution in [0.15, 0.2) is 27.3 Å². The second-order valence-corrected chi connectivity index (χ2v) is 7.69. The Labute approximate surface area is 138 Å². The fourth-order valence-electron chi connectivity index (χ4n) is 2.59. The Kier molecular flexibility index (Phi) is 3.51. The van der Waals surface area contributed by atoms with E-state index in [1.165, 1.54) is 38.0 Å². The molecular weight excluding hydrogens is 338 g/mol. The van der Waals surface area contributed by atoms with E-state index in [1.807, 2.05) is 12.5 Å². The van der Waals surface area contributed by atoms with Crippen molar-refractivity contribution in [2.75, 3.05) is 11.6 Å². The molecule has 3 aromatic heterocycles. The summed E-state index contributed by atoms with van der Waals surface area (Å²) in [5, 5.41) is 6.52. The number of hydrogen-bond acceptors (Lipinski definition) is 7. The number of carbonyl (C=O) groups is 1. The van der Waals surface area contributed by atoms with Crippen molar-refractivity contribution in [3.05, 3.63) is 34.5 Å². The number of nitrogens with one attached hydrogen (secondary N) is 1. The van der Waals surface area contributed by atoms with Gasteiger partial charge in [0.25, 0.3) is 5.91 Å². The van der Waals surface area contributed by atoms with E-state index < -0.39 is 0 Å². The van der Waals surface area contributed by atoms with Crippen LogP contribution in [-0.4, -0.2) is 21.7 Å². The van der Waals surface area contributed by atoms with Crippen LogP contribution in [-0.2, 0) is 12.8 Å². The van der Waals surface area contributed by atoms with Crippen LogP contribution in [0.2, 0.25) is 0 Å². The van der Waals surface area contributed by atoms with Crippen molar-refractivity contribution in [3.63, 3.8) is 0 Å². The van der Waals surface area contributed by atoms with Crippen molar-refractivity contribution in [1.82, 2.24) is 9.53 Å². The normalized spacial score (nSPS) is 12.8.